The standard InChI is InChI=1S/C10H17N3O2S/c1-10(2,3)16-9-12-5-6(13-9)4-7(11)8(14)15/h5,7H,4,11H2,1-3H3,(H,12,13)(H,14,15)/t7-/m0/s1. The van der Waals surface area contributed by atoms with Crippen molar-refractivity contribution in [1.82, 2.24) is 9.97 Å². The predicted molar refractivity (Wildman–Crippen MR) is 63.5 cm³/mol. The molecule has 0 bridgehead atoms. The summed E-state index contributed by atoms with van der Waals surface area (Å²) in [6.45, 7) is 6.26. The van der Waals surface area contributed by atoms with Crippen LogP contribution in [0.3, 0.4) is 0 Å². The van der Waals surface area contributed by atoms with Crippen molar-refractivity contribution >= 4 is 17.7 Å². The summed E-state index contributed by atoms with van der Waals surface area (Å²) in [4.78, 5) is 17.8. The Morgan fingerprint density at radius 3 is 2.81 bits per heavy atom. The van der Waals surface area contributed by atoms with E-state index in [1.165, 1.54) is 0 Å². The Morgan fingerprint density at radius 1 is 1.69 bits per heavy atom. The highest BCUT2D eigenvalue weighted by molar-refractivity contribution is 8.00. The minimum Gasteiger partial charge on any atom is -0.480 e. The number of carboxylic acid groups (broad SMARTS) is 1. The van der Waals surface area contributed by atoms with Gasteiger partial charge < -0.3 is 15.8 Å². The molecule has 1 aromatic heterocycles. The van der Waals surface area contributed by atoms with Crippen LogP contribution in [0.5, 0.6) is 0 Å². The summed E-state index contributed by atoms with van der Waals surface area (Å²) in [5.74, 6) is -1.00. The highest BCUT2D eigenvalue weighted by atomic mass is 32.2. The average molecular weight is 243 g/mol. The van der Waals surface area contributed by atoms with Gasteiger partial charge in [-0.15, -0.1) is 0 Å². The van der Waals surface area contributed by atoms with Gasteiger partial charge >= 0.3 is 5.97 Å². The summed E-state index contributed by atoms with van der Waals surface area (Å²) in [7, 11) is 0. The van der Waals surface area contributed by atoms with Crippen molar-refractivity contribution in [3.63, 3.8) is 0 Å². The van der Waals surface area contributed by atoms with Gasteiger partial charge in [-0.2, -0.15) is 0 Å². The van der Waals surface area contributed by atoms with Crippen LogP contribution in [0.25, 0.3) is 0 Å². The summed E-state index contributed by atoms with van der Waals surface area (Å²) in [6, 6.07) is -0.882. The number of aromatic nitrogens is 2. The maximum atomic E-state index is 10.6. The summed E-state index contributed by atoms with van der Waals surface area (Å²) in [5.41, 5.74) is 6.18. The molecule has 0 aliphatic rings. The van der Waals surface area contributed by atoms with E-state index < -0.39 is 12.0 Å². The Hall–Kier alpha value is -1.01. The number of nitrogens with two attached hydrogens (primary N) is 1. The normalized spacial score (nSPS) is 13.8. The first-order valence-electron chi connectivity index (χ1n) is 4.99. The zero-order valence-electron chi connectivity index (χ0n) is 9.65. The topological polar surface area (TPSA) is 92.0 Å². The minimum absolute atomic E-state index is 0.0734. The first kappa shape index (κ1) is 13.1. The molecule has 1 rings (SSSR count). The van der Waals surface area contributed by atoms with Crippen molar-refractivity contribution in [2.45, 2.75) is 43.1 Å². The van der Waals surface area contributed by atoms with E-state index in [1.807, 2.05) is 0 Å². The van der Waals surface area contributed by atoms with Gasteiger partial charge in [0.1, 0.15) is 6.04 Å². The van der Waals surface area contributed by atoms with Gasteiger partial charge in [0.2, 0.25) is 0 Å². The fourth-order valence-electron chi connectivity index (χ4n) is 1.11. The van der Waals surface area contributed by atoms with Crippen molar-refractivity contribution in [3.8, 4) is 0 Å². The van der Waals surface area contributed by atoms with Crippen molar-refractivity contribution < 1.29 is 9.90 Å². The van der Waals surface area contributed by atoms with E-state index in [1.54, 1.807) is 18.0 Å². The van der Waals surface area contributed by atoms with E-state index in [4.69, 9.17) is 10.8 Å². The van der Waals surface area contributed by atoms with Crippen molar-refractivity contribution in [3.05, 3.63) is 11.9 Å². The number of carboxylic acids is 1. The van der Waals surface area contributed by atoms with Crippen LogP contribution in [0.4, 0.5) is 0 Å². The van der Waals surface area contributed by atoms with Crippen LogP contribution in [-0.4, -0.2) is 31.8 Å². The molecule has 1 atom stereocenters. The zero-order valence-corrected chi connectivity index (χ0v) is 10.5. The smallest absolute Gasteiger partial charge is 0.320 e. The van der Waals surface area contributed by atoms with Crippen molar-refractivity contribution in [1.29, 1.82) is 0 Å². The van der Waals surface area contributed by atoms with Crippen LogP contribution in [0.2, 0.25) is 0 Å². The van der Waals surface area contributed by atoms with E-state index in [0.717, 1.165) is 10.9 Å². The fourth-order valence-corrected chi connectivity index (χ4v) is 1.98. The van der Waals surface area contributed by atoms with Crippen LogP contribution in [0, 0.1) is 0 Å². The lowest BCUT2D eigenvalue weighted by molar-refractivity contribution is -0.138. The number of carbonyl (C=O) groups is 1. The van der Waals surface area contributed by atoms with Gasteiger partial charge in [0.05, 0.1) is 0 Å². The predicted octanol–water partition coefficient (Wildman–Crippen LogP) is 1.25. The third-order valence-corrected chi connectivity index (χ3v) is 2.78. The van der Waals surface area contributed by atoms with E-state index in [-0.39, 0.29) is 11.2 Å². The molecule has 0 radical (unpaired) electrons. The molecule has 0 saturated carbocycles. The highest BCUT2D eigenvalue weighted by Crippen LogP contribution is 2.29. The first-order chi connectivity index (χ1) is 7.28. The molecule has 0 fully saturated rings. The third-order valence-electron chi connectivity index (χ3n) is 1.77. The van der Waals surface area contributed by atoms with Crippen LogP contribution < -0.4 is 5.73 Å². The molecule has 0 saturated heterocycles. The maximum Gasteiger partial charge on any atom is 0.320 e. The molecule has 0 amide bonds. The summed E-state index contributed by atoms with van der Waals surface area (Å²) >= 11 is 1.60. The zero-order chi connectivity index (χ0) is 12.3. The summed E-state index contributed by atoms with van der Waals surface area (Å²) in [5, 5.41) is 9.46. The Bertz CT molecular complexity index is 370. The molecule has 0 unspecified atom stereocenters. The van der Waals surface area contributed by atoms with Gasteiger partial charge in [-0.1, -0.05) is 32.5 Å². The molecular weight excluding hydrogens is 226 g/mol. The van der Waals surface area contributed by atoms with Crippen LogP contribution in [-0.2, 0) is 11.2 Å². The number of rotatable bonds is 4. The molecule has 1 heterocycles. The molecule has 0 aromatic carbocycles. The second-order valence-electron chi connectivity index (χ2n) is 4.58. The number of nitrogens with zero attached hydrogens (tertiary/aromatic N) is 1. The van der Waals surface area contributed by atoms with E-state index in [2.05, 4.69) is 30.7 Å². The second-order valence-corrected chi connectivity index (χ2v) is 6.39. The fraction of sp³-hybridized carbons (Fsp3) is 0.600. The summed E-state index contributed by atoms with van der Waals surface area (Å²) < 4.78 is 0.0734. The molecule has 6 heteroatoms. The number of nitrogens with one attached hydrogen (secondary N) is 1. The average Bonchev–Trinajstić information content (AvgIpc) is 2.49. The number of hydrogen-bond acceptors (Lipinski definition) is 4. The molecule has 5 nitrogen and oxygen atoms in total. The van der Waals surface area contributed by atoms with Crippen LogP contribution >= 0.6 is 11.8 Å². The molecule has 0 spiro atoms. The molecule has 90 valence electrons. The molecule has 4 N–H and O–H groups in total. The lowest BCUT2D eigenvalue weighted by atomic mass is 10.2. The largest absolute Gasteiger partial charge is 0.480 e. The molecule has 0 aliphatic heterocycles. The Morgan fingerprint density at radius 2 is 2.31 bits per heavy atom. The molecular formula is C10H17N3O2S. The lowest BCUT2D eigenvalue weighted by Gasteiger charge is -2.14. The number of imidazole rings is 1. The SMILES string of the molecule is CC(C)(C)Sc1ncc(C[C@H](N)C(=O)O)[nH]1. The van der Waals surface area contributed by atoms with Crippen molar-refractivity contribution in [2.24, 2.45) is 5.73 Å². The maximum absolute atomic E-state index is 10.6. The Kier molecular flexibility index (Phi) is 3.98. The quantitative estimate of drug-likeness (QED) is 0.692. The number of thioether (sulfide) groups is 1. The number of hydrogen-bond donors (Lipinski definition) is 3. The first-order valence-corrected chi connectivity index (χ1v) is 5.81. The van der Waals surface area contributed by atoms with Gasteiger partial charge in [0, 0.05) is 23.1 Å². The minimum atomic E-state index is -1.00. The van der Waals surface area contributed by atoms with E-state index >= 15 is 0 Å². The van der Waals surface area contributed by atoms with Gasteiger partial charge in [0.25, 0.3) is 0 Å². The van der Waals surface area contributed by atoms with E-state index in [0.29, 0.717) is 0 Å². The second kappa shape index (κ2) is 4.88. The van der Waals surface area contributed by atoms with Crippen LogP contribution in [0.1, 0.15) is 26.5 Å². The molecule has 16 heavy (non-hydrogen) atoms. The van der Waals surface area contributed by atoms with Crippen LogP contribution in [0.15, 0.2) is 11.4 Å². The third kappa shape index (κ3) is 4.24. The highest BCUT2D eigenvalue weighted by Gasteiger charge is 2.17. The summed E-state index contributed by atoms with van der Waals surface area (Å²) in [6.07, 6.45) is 1.91. The Labute approximate surface area is 98.8 Å². The van der Waals surface area contributed by atoms with Gasteiger partial charge in [-0.3, -0.25) is 4.79 Å². The van der Waals surface area contributed by atoms with Crippen molar-refractivity contribution in [2.75, 3.05) is 0 Å². The van der Waals surface area contributed by atoms with E-state index in [9.17, 15) is 4.79 Å². The van der Waals surface area contributed by atoms with Gasteiger partial charge in [-0.25, -0.2) is 4.98 Å². The monoisotopic (exact) mass is 243 g/mol. The van der Waals surface area contributed by atoms with Gasteiger partial charge in [-0.05, 0) is 0 Å². The molecule has 1 aromatic rings. The number of aliphatic carboxylic acids is 1. The molecule has 0 aliphatic carbocycles. The van der Waals surface area contributed by atoms with Gasteiger partial charge in [0.15, 0.2) is 5.16 Å². The number of H-pyrrole nitrogens is 1. The lowest BCUT2D eigenvalue weighted by Crippen LogP contribution is -2.32. The Balaban J connectivity index is 2.62. The number of aromatic amines is 1.